The minimum absolute atomic E-state index is 0.168. The monoisotopic (exact) mass is 233 g/mol. The van der Waals surface area contributed by atoms with Crippen LogP contribution >= 0.6 is 0 Å². The molecule has 0 saturated heterocycles. The first-order valence-corrected chi connectivity index (χ1v) is 5.43. The lowest BCUT2D eigenvalue weighted by Crippen LogP contribution is -2.13. The highest BCUT2D eigenvalue weighted by Crippen LogP contribution is 2.13. The third kappa shape index (κ3) is 4.51. The van der Waals surface area contributed by atoms with Crippen molar-refractivity contribution < 1.29 is 9.90 Å². The number of nitrogens with one attached hydrogen (secondary N) is 1. The minimum Gasteiger partial charge on any atom is -0.481 e. The van der Waals surface area contributed by atoms with Crippen molar-refractivity contribution in [2.75, 3.05) is 11.9 Å². The van der Waals surface area contributed by atoms with E-state index in [2.05, 4.69) is 16.4 Å². The van der Waals surface area contributed by atoms with E-state index < -0.39 is 5.97 Å². The van der Waals surface area contributed by atoms with Gasteiger partial charge >= 0.3 is 5.97 Å². The molecule has 90 valence electrons. The van der Waals surface area contributed by atoms with Crippen LogP contribution in [-0.2, 0) is 4.79 Å². The van der Waals surface area contributed by atoms with Gasteiger partial charge in [-0.05, 0) is 18.4 Å². The maximum Gasteiger partial charge on any atom is 0.303 e. The van der Waals surface area contributed by atoms with Crippen LogP contribution in [0.3, 0.4) is 0 Å². The predicted octanol–water partition coefficient (Wildman–Crippen LogP) is 1.87. The molecule has 2 N–H and O–H groups in total. The van der Waals surface area contributed by atoms with E-state index in [1.807, 2.05) is 6.92 Å². The number of carbonyl (C=O) groups is 1. The highest BCUT2D eigenvalue weighted by Gasteiger charge is 2.07. The molecule has 0 saturated carbocycles. The number of rotatable bonds is 6. The molecular formula is C12H15N3O2. The van der Waals surface area contributed by atoms with Crippen LogP contribution in [0, 0.1) is 17.2 Å². The molecule has 1 rings (SSSR count). The fourth-order valence-corrected chi connectivity index (χ4v) is 1.39. The number of aromatic nitrogens is 1. The summed E-state index contributed by atoms with van der Waals surface area (Å²) in [5, 5.41) is 20.5. The Morgan fingerprint density at radius 3 is 3.12 bits per heavy atom. The summed E-state index contributed by atoms with van der Waals surface area (Å²) in [6.45, 7) is 2.60. The molecule has 1 unspecified atom stereocenters. The Morgan fingerprint density at radius 1 is 1.71 bits per heavy atom. The lowest BCUT2D eigenvalue weighted by molar-refractivity contribution is -0.137. The Morgan fingerprint density at radius 2 is 2.47 bits per heavy atom. The standard InChI is InChI=1S/C12H15N3O2/c1-9(2-3-12(16)17)7-15-11-8-14-5-4-10(11)6-13/h4-5,8-9,15H,2-3,7H2,1H3,(H,16,17). The lowest BCUT2D eigenvalue weighted by Gasteiger charge is -2.12. The van der Waals surface area contributed by atoms with Crippen molar-refractivity contribution in [3.8, 4) is 6.07 Å². The summed E-state index contributed by atoms with van der Waals surface area (Å²) in [7, 11) is 0. The number of carboxylic acids is 1. The smallest absolute Gasteiger partial charge is 0.303 e. The van der Waals surface area contributed by atoms with Crippen LogP contribution in [0.15, 0.2) is 18.5 Å². The average Bonchev–Trinajstić information content (AvgIpc) is 2.34. The second-order valence-electron chi connectivity index (χ2n) is 3.95. The van der Waals surface area contributed by atoms with Crippen LogP contribution in [-0.4, -0.2) is 22.6 Å². The number of nitrogens with zero attached hydrogens (tertiary/aromatic N) is 2. The fraction of sp³-hybridized carbons (Fsp3) is 0.417. The average molecular weight is 233 g/mol. The molecular weight excluding hydrogens is 218 g/mol. The molecule has 0 aromatic carbocycles. The van der Waals surface area contributed by atoms with E-state index in [9.17, 15) is 4.79 Å². The molecule has 1 heterocycles. The molecule has 5 nitrogen and oxygen atoms in total. The van der Waals surface area contributed by atoms with Gasteiger partial charge in [0.05, 0.1) is 17.4 Å². The van der Waals surface area contributed by atoms with Crippen LogP contribution in [0.25, 0.3) is 0 Å². The molecule has 1 aromatic heterocycles. The Labute approximate surface area is 100 Å². The first-order valence-electron chi connectivity index (χ1n) is 5.43. The van der Waals surface area contributed by atoms with Crippen LogP contribution in [0.2, 0.25) is 0 Å². The van der Waals surface area contributed by atoms with E-state index in [0.29, 0.717) is 24.2 Å². The van der Waals surface area contributed by atoms with Gasteiger partial charge in [0.1, 0.15) is 6.07 Å². The number of hydrogen-bond acceptors (Lipinski definition) is 4. The van der Waals surface area contributed by atoms with Gasteiger partial charge < -0.3 is 10.4 Å². The van der Waals surface area contributed by atoms with Gasteiger partial charge in [0.15, 0.2) is 0 Å². The molecule has 1 aromatic rings. The zero-order chi connectivity index (χ0) is 12.7. The van der Waals surface area contributed by atoms with Crippen LogP contribution < -0.4 is 5.32 Å². The summed E-state index contributed by atoms with van der Waals surface area (Å²) in [6, 6.07) is 3.72. The molecule has 17 heavy (non-hydrogen) atoms. The third-order valence-electron chi connectivity index (χ3n) is 2.43. The maximum absolute atomic E-state index is 10.4. The van der Waals surface area contributed by atoms with Crippen molar-refractivity contribution in [1.29, 1.82) is 5.26 Å². The molecule has 0 aliphatic rings. The molecule has 0 aliphatic heterocycles. The molecule has 0 spiro atoms. The van der Waals surface area contributed by atoms with E-state index in [-0.39, 0.29) is 12.3 Å². The van der Waals surface area contributed by atoms with Crippen LogP contribution in [0.1, 0.15) is 25.3 Å². The molecule has 0 radical (unpaired) electrons. The van der Waals surface area contributed by atoms with Crippen molar-refractivity contribution in [2.24, 2.45) is 5.92 Å². The number of hydrogen-bond donors (Lipinski definition) is 2. The van der Waals surface area contributed by atoms with Crippen LogP contribution in [0.4, 0.5) is 5.69 Å². The first kappa shape index (κ1) is 13.0. The number of carboxylic acid groups (broad SMARTS) is 1. The van der Waals surface area contributed by atoms with E-state index in [0.717, 1.165) is 0 Å². The fourth-order valence-electron chi connectivity index (χ4n) is 1.39. The summed E-state index contributed by atoms with van der Waals surface area (Å²) in [5.74, 6) is -0.547. The molecule has 0 bridgehead atoms. The number of aliphatic carboxylic acids is 1. The van der Waals surface area contributed by atoms with Gasteiger partial charge in [-0.15, -0.1) is 0 Å². The Bertz CT molecular complexity index is 426. The Balaban J connectivity index is 2.45. The summed E-state index contributed by atoms with van der Waals surface area (Å²) in [5.41, 5.74) is 1.24. The van der Waals surface area contributed by atoms with Crippen molar-refractivity contribution in [2.45, 2.75) is 19.8 Å². The molecule has 0 amide bonds. The second kappa shape index (κ2) is 6.48. The van der Waals surface area contributed by atoms with Crippen LogP contribution in [0.5, 0.6) is 0 Å². The molecule has 0 aliphatic carbocycles. The quantitative estimate of drug-likeness (QED) is 0.783. The van der Waals surface area contributed by atoms with E-state index in [1.54, 1.807) is 18.5 Å². The number of nitriles is 1. The topological polar surface area (TPSA) is 86.0 Å². The summed E-state index contributed by atoms with van der Waals surface area (Å²) < 4.78 is 0. The van der Waals surface area contributed by atoms with Crippen molar-refractivity contribution in [3.05, 3.63) is 24.0 Å². The molecule has 1 atom stereocenters. The van der Waals surface area contributed by atoms with E-state index in [4.69, 9.17) is 10.4 Å². The van der Waals surface area contributed by atoms with Gasteiger partial charge in [0.25, 0.3) is 0 Å². The summed E-state index contributed by atoms with van der Waals surface area (Å²) >= 11 is 0. The van der Waals surface area contributed by atoms with E-state index >= 15 is 0 Å². The minimum atomic E-state index is -0.782. The zero-order valence-corrected chi connectivity index (χ0v) is 9.68. The van der Waals surface area contributed by atoms with Gasteiger partial charge in [-0.3, -0.25) is 9.78 Å². The van der Waals surface area contributed by atoms with Gasteiger partial charge in [0.2, 0.25) is 0 Å². The first-order chi connectivity index (χ1) is 8.13. The van der Waals surface area contributed by atoms with Gasteiger partial charge in [-0.2, -0.15) is 5.26 Å². The third-order valence-corrected chi connectivity index (χ3v) is 2.43. The van der Waals surface area contributed by atoms with Crippen molar-refractivity contribution in [1.82, 2.24) is 4.98 Å². The maximum atomic E-state index is 10.4. The van der Waals surface area contributed by atoms with Crippen molar-refractivity contribution >= 4 is 11.7 Å². The summed E-state index contributed by atoms with van der Waals surface area (Å²) in [6.07, 6.45) is 3.95. The Hall–Kier alpha value is -2.09. The second-order valence-corrected chi connectivity index (χ2v) is 3.95. The normalized spacial score (nSPS) is 11.5. The molecule has 5 heteroatoms. The zero-order valence-electron chi connectivity index (χ0n) is 9.68. The van der Waals surface area contributed by atoms with Crippen molar-refractivity contribution in [3.63, 3.8) is 0 Å². The Kier molecular flexibility index (Phi) is 4.95. The predicted molar refractivity (Wildman–Crippen MR) is 63.5 cm³/mol. The number of pyridine rings is 1. The van der Waals surface area contributed by atoms with Gasteiger partial charge in [0, 0.05) is 19.2 Å². The van der Waals surface area contributed by atoms with Gasteiger partial charge in [-0.25, -0.2) is 0 Å². The largest absolute Gasteiger partial charge is 0.481 e. The highest BCUT2D eigenvalue weighted by atomic mass is 16.4. The lowest BCUT2D eigenvalue weighted by atomic mass is 10.1. The van der Waals surface area contributed by atoms with Gasteiger partial charge in [-0.1, -0.05) is 6.92 Å². The highest BCUT2D eigenvalue weighted by molar-refractivity contribution is 5.66. The van der Waals surface area contributed by atoms with E-state index in [1.165, 1.54) is 0 Å². The SMILES string of the molecule is CC(CCC(=O)O)CNc1cnccc1C#N. The summed E-state index contributed by atoms with van der Waals surface area (Å²) in [4.78, 5) is 14.3. The molecule has 0 fully saturated rings. The number of anilines is 1.